The molecule has 0 saturated carbocycles. The van der Waals surface area contributed by atoms with Gasteiger partial charge in [-0.25, -0.2) is 4.79 Å². The first-order valence-corrected chi connectivity index (χ1v) is 8.11. The second-order valence-electron chi connectivity index (χ2n) is 5.12. The summed E-state index contributed by atoms with van der Waals surface area (Å²) in [5.41, 5.74) is 0.337. The van der Waals surface area contributed by atoms with Crippen molar-refractivity contribution in [3.63, 3.8) is 0 Å². The minimum atomic E-state index is -0.553. The fourth-order valence-electron chi connectivity index (χ4n) is 2.16. The quantitative estimate of drug-likeness (QED) is 0.635. The molecule has 0 atom stereocenters. The van der Waals surface area contributed by atoms with Gasteiger partial charge in [-0.1, -0.05) is 0 Å². The number of ether oxygens (including phenoxy) is 3. The highest BCUT2D eigenvalue weighted by atomic mass is 32.1. The molecule has 0 bridgehead atoms. The Morgan fingerprint density at radius 2 is 1.91 bits per heavy atom. The summed E-state index contributed by atoms with van der Waals surface area (Å²) in [6.07, 6.45) is 0.795. The first kappa shape index (κ1) is 15.6. The molecule has 0 N–H and O–H groups in total. The number of rotatable bonds is 4. The van der Waals surface area contributed by atoms with Gasteiger partial charge in [-0.15, -0.1) is 11.3 Å². The number of esters is 1. The third-order valence-corrected chi connectivity index (χ3v) is 4.37. The molecular formula is C17H16O5S. The number of carbonyl (C=O) groups is 2. The number of fused-ring (bicyclic) bond motifs is 1. The normalized spacial score (nSPS) is 13.3. The Morgan fingerprint density at radius 3 is 2.65 bits per heavy atom. The highest BCUT2D eigenvalue weighted by Gasteiger charge is 2.17. The summed E-state index contributed by atoms with van der Waals surface area (Å²) < 4.78 is 16.1. The topological polar surface area (TPSA) is 61.8 Å². The van der Waals surface area contributed by atoms with Crippen LogP contribution in [0.5, 0.6) is 11.5 Å². The zero-order chi connectivity index (χ0) is 16.2. The summed E-state index contributed by atoms with van der Waals surface area (Å²) in [7, 11) is 0. The molecule has 1 aromatic heterocycles. The number of hydrogen-bond donors (Lipinski definition) is 0. The maximum absolute atomic E-state index is 12.1. The summed E-state index contributed by atoms with van der Waals surface area (Å²) in [5.74, 6) is 0.384. The number of thiophene rings is 1. The monoisotopic (exact) mass is 332 g/mol. The average Bonchev–Trinajstić information content (AvgIpc) is 2.85. The molecule has 0 amide bonds. The maximum atomic E-state index is 12.1. The van der Waals surface area contributed by atoms with E-state index in [1.807, 2.05) is 13.0 Å². The van der Waals surface area contributed by atoms with Crippen molar-refractivity contribution < 1.29 is 23.8 Å². The Balaban J connectivity index is 1.64. The number of Topliss-reactive ketones (excluding diaryl/α,β-unsaturated/α-hetero) is 1. The van der Waals surface area contributed by atoms with Crippen LogP contribution in [0.1, 0.15) is 31.3 Å². The van der Waals surface area contributed by atoms with Gasteiger partial charge in [0.05, 0.1) is 23.7 Å². The van der Waals surface area contributed by atoms with E-state index in [0.29, 0.717) is 35.2 Å². The number of hydrogen-bond acceptors (Lipinski definition) is 6. The van der Waals surface area contributed by atoms with E-state index in [1.165, 1.54) is 11.3 Å². The first-order valence-electron chi connectivity index (χ1n) is 7.30. The fraction of sp³-hybridized carbons (Fsp3) is 0.294. The molecule has 23 heavy (non-hydrogen) atoms. The Bertz CT molecular complexity index is 734. The van der Waals surface area contributed by atoms with Crippen molar-refractivity contribution in [3.8, 4) is 11.5 Å². The molecule has 1 aromatic carbocycles. The predicted molar refractivity (Wildman–Crippen MR) is 85.7 cm³/mol. The van der Waals surface area contributed by atoms with Crippen LogP contribution in [0.25, 0.3) is 0 Å². The van der Waals surface area contributed by atoms with E-state index in [9.17, 15) is 9.59 Å². The molecule has 0 fully saturated rings. The van der Waals surface area contributed by atoms with Crippen molar-refractivity contribution in [1.82, 2.24) is 0 Å². The number of carbonyl (C=O) groups excluding carboxylic acids is 2. The molecule has 1 aliphatic heterocycles. The van der Waals surface area contributed by atoms with E-state index in [4.69, 9.17) is 14.2 Å². The first-order chi connectivity index (χ1) is 11.1. The van der Waals surface area contributed by atoms with Gasteiger partial charge in [0.25, 0.3) is 0 Å². The van der Waals surface area contributed by atoms with Gasteiger partial charge < -0.3 is 14.2 Å². The molecule has 6 heteroatoms. The SMILES string of the molecule is Cc1ccc(C(=O)COC(=O)c2ccc3c(c2)OCCCO3)s1. The van der Waals surface area contributed by atoms with Gasteiger partial charge in [-0.3, -0.25) is 4.79 Å². The summed E-state index contributed by atoms with van der Waals surface area (Å²) in [6, 6.07) is 8.48. The molecule has 2 aromatic rings. The van der Waals surface area contributed by atoms with Gasteiger partial charge in [0.1, 0.15) is 0 Å². The van der Waals surface area contributed by atoms with Crippen molar-refractivity contribution in [2.75, 3.05) is 19.8 Å². The highest BCUT2D eigenvalue weighted by Crippen LogP contribution is 2.30. The van der Waals surface area contributed by atoms with E-state index < -0.39 is 5.97 Å². The fourth-order valence-corrected chi connectivity index (χ4v) is 2.95. The van der Waals surface area contributed by atoms with Crippen molar-refractivity contribution in [2.45, 2.75) is 13.3 Å². The summed E-state index contributed by atoms with van der Waals surface area (Å²) in [5, 5.41) is 0. The Labute approximate surface area is 137 Å². The van der Waals surface area contributed by atoms with Gasteiger partial charge >= 0.3 is 5.97 Å². The Kier molecular flexibility index (Phi) is 4.62. The molecule has 120 valence electrons. The molecule has 2 heterocycles. The molecule has 0 unspecified atom stereocenters. The van der Waals surface area contributed by atoms with Crippen LogP contribution in [0.3, 0.4) is 0 Å². The number of benzene rings is 1. The van der Waals surface area contributed by atoms with Crippen molar-refractivity contribution in [1.29, 1.82) is 0 Å². The van der Waals surface area contributed by atoms with Crippen molar-refractivity contribution >= 4 is 23.1 Å². The van der Waals surface area contributed by atoms with Gasteiger partial charge in [0, 0.05) is 11.3 Å². The maximum Gasteiger partial charge on any atom is 0.338 e. The number of aryl methyl sites for hydroxylation is 1. The van der Waals surface area contributed by atoms with Crippen LogP contribution in [0, 0.1) is 6.92 Å². The van der Waals surface area contributed by atoms with E-state index in [-0.39, 0.29) is 12.4 Å². The largest absolute Gasteiger partial charge is 0.490 e. The highest BCUT2D eigenvalue weighted by molar-refractivity contribution is 7.14. The predicted octanol–water partition coefficient (Wildman–Crippen LogP) is 3.26. The second-order valence-corrected chi connectivity index (χ2v) is 6.41. The average molecular weight is 332 g/mol. The summed E-state index contributed by atoms with van der Waals surface area (Å²) in [6.45, 7) is 2.78. The molecule has 0 radical (unpaired) electrons. The molecule has 0 saturated heterocycles. The standard InChI is InChI=1S/C17H16O5S/c1-11-3-6-16(23-11)13(18)10-22-17(19)12-4-5-14-15(9-12)21-8-2-7-20-14/h3-6,9H,2,7-8,10H2,1H3. The smallest absolute Gasteiger partial charge is 0.338 e. The van der Waals surface area contributed by atoms with Crippen LogP contribution in [0.4, 0.5) is 0 Å². The molecule has 5 nitrogen and oxygen atoms in total. The number of ketones is 1. The molecule has 1 aliphatic rings. The summed E-state index contributed by atoms with van der Waals surface area (Å²) in [4.78, 5) is 25.7. The lowest BCUT2D eigenvalue weighted by Gasteiger charge is -2.09. The third kappa shape index (κ3) is 3.71. The minimum absolute atomic E-state index is 0.203. The van der Waals surface area contributed by atoms with Crippen LogP contribution in [-0.4, -0.2) is 31.6 Å². The van der Waals surface area contributed by atoms with Gasteiger partial charge in [-0.2, -0.15) is 0 Å². The van der Waals surface area contributed by atoms with E-state index in [2.05, 4.69) is 0 Å². The molecule has 0 aliphatic carbocycles. The lowest BCUT2D eigenvalue weighted by Crippen LogP contribution is -2.13. The van der Waals surface area contributed by atoms with Crippen LogP contribution in [0.15, 0.2) is 30.3 Å². The lowest BCUT2D eigenvalue weighted by atomic mass is 10.2. The Hall–Kier alpha value is -2.34. The van der Waals surface area contributed by atoms with Crippen LogP contribution >= 0.6 is 11.3 Å². The zero-order valence-electron chi connectivity index (χ0n) is 12.7. The van der Waals surface area contributed by atoms with Crippen LogP contribution in [0.2, 0.25) is 0 Å². The molecule has 3 rings (SSSR count). The minimum Gasteiger partial charge on any atom is -0.490 e. The van der Waals surface area contributed by atoms with E-state index in [1.54, 1.807) is 24.3 Å². The molecule has 0 spiro atoms. The van der Waals surface area contributed by atoms with Crippen molar-refractivity contribution in [2.24, 2.45) is 0 Å². The zero-order valence-corrected chi connectivity index (χ0v) is 13.5. The van der Waals surface area contributed by atoms with Crippen LogP contribution < -0.4 is 9.47 Å². The summed E-state index contributed by atoms with van der Waals surface area (Å²) >= 11 is 1.39. The lowest BCUT2D eigenvalue weighted by molar-refractivity contribution is 0.0475. The van der Waals surface area contributed by atoms with E-state index in [0.717, 1.165) is 11.3 Å². The van der Waals surface area contributed by atoms with Gasteiger partial charge in [0.15, 0.2) is 18.1 Å². The molecular weight excluding hydrogens is 316 g/mol. The van der Waals surface area contributed by atoms with Crippen LogP contribution in [-0.2, 0) is 4.74 Å². The van der Waals surface area contributed by atoms with Gasteiger partial charge in [0.2, 0.25) is 5.78 Å². The second kappa shape index (κ2) is 6.83. The third-order valence-electron chi connectivity index (χ3n) is 3.33. The van der Waals surface area contributed by atoms with E-state index >= 15 is 0 Å². The van der Waals surface area contributed by atoms with Gasteiger partial charge in [-0.05, 0) is 37.3 Å². The Morgan fingerprint density at radius 1 is 1.13 bits per heavy atom. The van der Waals surface area contributed by atoms with Crippen molar-refractivity contribution in [3.05, 3.63) is 45.6 Å².